The van der Waals surface area contributed by atoms with E-state index in [0.29, 0.717) is 25.4 Å². The van der Waals surface area contributed by atoms with Crippen LogP contribution >= 0.6 is 11.6 Å². The highest BCUT2D eigenvalue weighted by Crippen LogP contribution is 2.46. The number of aliphatic hydroxyl groups excluding tert-OH is 2. The van der Waals surface area contributed by atoms with Crippen LogP contribution in [0.25, 0.3) is 0 Å². The lowest BCUT2D eigenvalue weighted by atomic mass is 9.68. The van der Waals surface area contributed by atoms with Crippen molar-refractivity contribution in [2.24, 2.45) is 11.8 Å². The van der Waals surface area contributed by atoms with Gasteiger partial charge >= 0.3 is 0 Å². The number of nitrogens with one attached hydrogen (secondary N) is 1. The second-order valence-electron chi connectivity index (χ2n) is 12.2. The zero-order chi connectivity index (χ0) is 28.9. The summed E-state index contributed by atoms with van der Waals surface area (Å²) in [6.07, 6.45) is 6.21. The first-order valence-corrected chi connectivity index (χ1v) is 16.4. The summed E-state index contributed by atoms with van der Waals surface area (Å²) in [6.45, 7) is 3.17. The predicted octanol–water partition coefficient (Wildman–Crippen LogP) is 3.97. The summed E-state index contributed by atoms with van der Waals surface area (Å²) in [6, 6.07) is 11.1. The molecule has 1 saturated carbocycles. The molecule has 0 aromatic heterocycles. The molecule has 4 aliphatic rings. The van der Waals surface area contributed by atoms with Gasteiger partial charge in [0.2, 0.25) is 10.0 Å². The van der Waals surface area contributed by atoms with E-state index in [-0.39, 0.29) is 29.2 Å². The number of hydrogen-bond acceptors (Lipinski definition) is 7. The molecule has 2 aliphatic heterocycles. The van der Waals surface area contributed by atoms with Crippen molar-refractivity contribution in [1.82, 2.24) is 4.72 Å². The number of carbonyl (C=O) groups excluding carboxylic acids is 1. The van der Waals surface area contributed by atoms with Crippen LogP contribution in [0, 0.1) is 11.8 Å². The Balaban J connectivity index is 1.42. The minimum absolute atomic E-state index is 0.0463. The SMILES string of the molecule is C[C@H]1[C@@H](O)C/C=C/[C@H](O)[C@@H]2CC[C@H]2CN2C[C@@]3(CCCc4cc(Cl)ccc43)COc3ccc(cc32)C(=O)NS1(=O)=O. The van der Waals surface area contributed by atoms with Gasteiger partial charge in [0.05, 0.1) is 24.5 Å². The standard InChI is InChI=1S/C31H37ClN2O6S/c1-19-27(35)5-2-6-28(36)24-10-7-22(24)16-34-17-31(13-3-4-20-14-23(32)9-11-25(20)31)18-40-29-12-8-21(15-26(29)34)30(37)33-41(19,38)39/h2,6,8-9,11-12,14-15,19,22,24,27-28,35-36H,3-5,7,10,13,16-18H2,1H3,(H,33,37)/b6-2+/t19-,22-,24+,27-,28-,31-/m0/s1. The number of carbonyl (C=O) groups is 1. The Bertz CT molecular complexity index is 1480. The second kappa shape index (κ2) is 10.9. The Morgan fingerprint density at radius 1 is 1.15 bits per heavy atom. The largest absolute Gasteiger partial charge is 0.490 e. The van der Waals surface area contributed by atoms with Crippen LogP contribution in [0.2, 0.25) is 5.02 Å². The van der Waals surface area contributed by atoms with E-state index in [1.54, 1.807) is 30.4 Å². The Morgan fingerprint density at radius 2 is 1.98 bits per heavy atom. The Labute approximate surface area is 246 Å². The predicted molar refractivity (Wildman–Crippen MR) is 158 cm³/mol. The van der Waals surface area contributed by atoms with Crippen LogP contribution < -0.4 is 14.4 Å². The topological polar surface area (TPSA) is 116 Å². The van der Waals surface area contributed by atoms with E-state index < -0.39 is 33.4 Å². The third kappa shape index (κ3) is 5.38. The molecule has 0 unspecified atom stereocenters. The normalized spacial score (nSPS) is 33.8. The molecule has 8 nitrogen and oxygen atoms in total. The number of fused-ring (bicyclic) bond motifs is 4. The highest BCUT2D eigenvalue weighted by molar-refractivity contribution is 7.90. The zero-order valence-corrected chi connectivity index (χ0v) is 24.7. The summed E-state index contributed by atoms with van der Waals surface area (Å²) in [5.41, 5.74) is 3.12. The molecule has 2 aliphatic carbocycles. The lowest BCUT2D eigenvalue weighted by molar-refractivity contribution is 0.0454. The minimum Gasteiger partial charge on any atom is -0.490 e. The van der Waals surface area contributed by atoms with Gasteiger partial charge in [-0.1, -0.05) is 29.8 Å². The molecular weight excluding hydrogens is 564 g/mol. The van der Waals surface area contributed by atoms with Gasteiger partial charge in [0.25, 0.3) is 5.91 Å². The van der Waals surface area contributed by atoms with Crippen LogP contribution in [-0.4, -0.2) is 61.7 Å². The van der Waals surface area contributed by atoms with Crippen LogP contribution in [0.4, 0.5) is 5.69 Å². The van der Waals surface area contributed by atoms with Crippen molar-refractivity contribution in [3.05, 3.63) is 70.3 Å². The van der Waals surface area contributed by atoms with E-state index in [1.165, 1.54) is 18.1 Å². The number of hydrogen-bond donors (Lipinski definition) is 3. The van der Waals surface area contributed by atoms with E-state index in [2.05, 4.69) is 21.8 Å². The first kappa shape index (κ1) is 28.5. The van der Waals surface area contributed by atoms with Gasteiger partial charge in [0.15, 0.2) is 0 Å². The quantitative estimate of drug-likeness (QED) is 0.392. The van der Waals surface area contributed by atoms with Gasteiger partial charge in [0.1, 0.15) is 11.0 Å². The summed E-state index contributed by atoms with van der Waals surface area (Å²) >= 11 is 6.36. The van der Waals surface area contributed by atoms with Crippen LogP contribution in [0.1, 0.15) is 60.5 Å². The van der Waals surface area contributed by atoms with Gasteiger partial charge in [-0.25, -0.2) is 13.1 Å². The van der Waals surface area contributed by atoms with E-state index in [9.17, 15) is 23.4 Å². The number of aliphatic hydroxyl groups is 2. The number of rotatable bonds is 0. The molecule has 1 fully saturated rings. The lowest BCUT2D eigenvalue weighted by Crippen LogP contribution is -2.49. The molecule has 2 aromatic carbocycles. The summed E-state index contributed by atoms with van der Waals surface area (Å²) in [4.78, 5) is 15.5. The molecule has 6 atom stereocenters. The fourth-order valence-electron chi connectivity index (χ4n) is 6.99. The zero-order valence-electron chi connectivity index (χ0n) is 23.1. The Morgan fingerprint density at radius 3 is 2.76 bits per heavy atom. The van der Waals surface area contributed by atoms with Gasteiger partial charge in [0, 0.05) is 29.1 Å². The molecular formula is C31H37ClN2O6S. The molecule has 2 heterocycles. The minimum atomic E-state index is -4.16. The molecule has 0 radical (unpaired) electrons. The Kier molecular flexibility index (Phi) is 7.59. The van der Waals surface area contributed by atoms with Crippen molar-refractivity contribution < 1.29 is 28.2 Å². The number of sulfonamides is 1. The van der Waals surface area contributed by atoms with Gasteiger partial charge in [-0.2, -0.15) is 0 Å². The molecule has 2 bridgehead atoms. The summed E-state index contributed by atoms with van der Waals surface area (Å²) in [7, 11) is -4.16. The molecule has 2 aromatic rings. The van der Waals surface area contributed by atoms with Gasteiger partial charge in [-0.15, -0.1) is 0 Å². The van der Waals surface area contributed by atoms with E-state index in [4.69, 9.17) is 16.3 Å². The first-order valence-electron chi connectivity index (χ1n) is 14.5. The number of nitrogens with zero attached hydrogens (tertiary/aromatic N) is 1. The Hall–Kier alpha value is -2.59. The van der Waals surface area contributed by atoms with Crippen molar-refractivity contribution in [3.8, 4) is 5.75 Å². The maximum atomic E-state index is 13.2. The number of aryl methyl sites for hydroxylation is 1. The van der Waals surface area contributed by atoms with Crippen LogP contribution in [-0.2, 0) is 21.9 Å². The number of anilines is 1. The van der Waals surface area contributed by atoms with Crippen molar-refractivity contribution >= 4 is 33.2 Å². The monoisotopic (exact) mass is 600 g/mol. The number of benzene rings is 2. The molecule has 10 heteroatoms. The van der Waals surface area contributed by atoms with Crippen LogP contribution in [0.15, 0.2) is 48.6 Å². The number of amides is 1. The highest BCUT2D eigenvalue weighted by atomic mass is 35.5. The van der Waals surface area contributed by atoms with E-state index in [0.717, 1.165) is 42.8 Å². The molecule has 220 valence electrons. The third-order valence-corrected chi connectivity index (χ3v) is 11.6. The summed E-state index contributed by atoms with van der Waals surface area (Å²) in [5.74, 6) is 0.164. The second-order valence-corrected chi connectivity index (χ2v) is 14.7. The maximum absolute atomic E-state index is 13.2. The fourth-order valence-corrected chi connectivity index (χ4v) is 8.27. The maximum Gasteiger partial charge on any atom is 0.264 e. The smallest absolute Gasteiger partial charge is 0.264 e. The molecule has 1 spiro atoms. The molecule has 41 heavy (non-hydrogen) atoms. The molecule has 0 saturated heterocycles. The van der Waals surface area contributed by atoms with E-state index >= 15 is 0 Å². The summed E-state index contributed by atoms with van der Waals surface area (Å²) in [5, 5.41) is 21.0. The molecule has 1 amide bonds. The third-order valence-electron chi connectivity index (χ3n) is 9.65. The first-order chi connectivity index (χ1) is 19.6. The van der Waals surface area contributed by atoms with Crippen LogP contribution in [0.5, 0.6) is 5.75 Å². The van der Waals surface area contributed by atoms with Gasteiger partial charge in [-0.3, -0.25) is 4.79 Å². The van der Waals surface area contributed by atoms with E-state index in [1.807, 2.05) is 6.07 Å². The lowest BCUT2D eigenvalue weighted by Gasteiger charge is -2.45. The van der Waals surface area contributed by atoms with Gasteiger partial charge in [-0.05, 0) is 98.7 Å². The summed E-state index contributed by atoms with van der Waals surface area (Å²) < 4.78 is 34.6. The van der Waals surface area contributed by atoms with Crippen LogP contribution in [0.3, 0.4) is 0 Å². The average molecular weight is 601 g/mol. The highest BCUT2D eigenvalue weighted by Gasteiger charge is 2.44. The molecule has 3 N–H and O–H groups in total. The molecule has 6 rings (SSSR count). The average Bonchev–Trinajstić information content (AvgIpc) is 3.06. The van der Waals surface area contributed by atoms with Crippen molar-refractivity contribution in [2.45, 2.75) is 68.3 Å². The van der Waals surface area contributed by atoms with Crippen molar-refractivity contribution in [2.75, 3.05) is 24.6 Å². The van der Waals surface area contributed by atoms with Crippen molar-refractivity contribution in [1.29, 1.82) is 0 Å². The van der Waals surface area contributed by atoms with Crippen molar-refractivity contribution in [3.63, 3.8) is 0 Å². The fraction of sp³-hybridized carbons (Fsp3) is 0.516. The number of halogens is 1. The number of ether oxygens (including phenoxy) is 1. The van der Waals surface area contributed by atoms with Gasteiger partial charge < -0.3 is 19.8 Å².